The van der Waals surface area contributed by atoms with E-state index >= 15 is 0 Å². The molecule has 2 aromatic rings. The molecule has 4 nitrogen and oxygen atoms in total. The molecule has 1 heterocycles. The summed E-state index contributed by atoms with van der Waals surface area (Å²) >= 11 is 7.52. The van der Waals surface area contributed by atoms with Gasteiger partial charge in [0.1, 0.15) is 0 Å². The lowest BCUT2D eigenvalue weighted by atomic mass is 10.1. The van der Waals surface area contributed by atoms with Crippen LogP contribution in [0.2, 0.25) is 5.02 Å². The summed E-state index contributed by atoms with van der Waals surface area (Å²) in [6.07, 6.45) is 0. The fourth-order valence-corrected chi connectivity index (χ4v) is 4.77. The van der Waals surface area contributed by atoms with Crippen LogP contribution >= 0.6 is 22.9 Å². The molecule has 0 spiro atoms. The third kappa shape index (κ3) is 4.05. The number of nitrogens with one attached hydrogen (secondary N) is 2. The zero-order chi connectivity index (χ0) is 15.5. The van der Waals surface area contributed by atoms with Crippen LogP contribution in [-0.4, -0.2) is 15.5 Å². The van der Waals surface area contributed by atoms with Crippen LogP contribution < -0.4 is 10.0 Å². The molecule has 21 heavy (non-hydrogen) atoms. The van der Waals surface area contributed by atoms with E-state index in [0.717, 1.165) is 10.4 Å². The number of hydrogen-bond acceptors (Lipinski definition) is 4. The summed E-state index contributed by atoms with van der Waals surface area (Å²) in [6.45, 7) is 2.43. The Morgan fingerprint density at radius 2 is 2.05 bits per heavy atom. The van der Waals surface area contributed by atoms with Gasteiger partial charge in [-0.05, 0) is 31.7 Å². The standard InChI is InChI=1S/C14H17ClN2O2S2/c1-10(13-5-3-4-6-14(13)15)17-21(18,19)12-7-11(8-16-2)20-9-12/h3-7,9-10,16-17H,8H2,1-2H3. The molecule has 0 saturated carbocycles. The van der Waals surface area contributed by atoms with E-state index in [0.29, 0.717) is 11.6 Å². The normalized spacial score (nSPS) is 13.3. The van der Waals surface area contributed by atoms with Crippen LogP contribution in [0.25, 0.3) is 0 Å². The van der Waals surface area contributed by atoms with E-state index in [1.54, 1.807) is 24.4 Å². The van der Waals surface area contributed by atoms with Gasteiger partial charge in [-0.2, -0.15) is 0 Å². The van der Waals surface area contributed by atoms with Gasteiger partial charge in [0.25, 0.3) is 0 Å². The highest BCUT2D eigenvalue weighted by atomic mass is 35.5. The Kier molecular flexibility index (Phi) is 5.40. The van der Waals surface area contributed by atoms with Crippen LogP contribution in [0.1, 0.15) is 23.4 Å². The second kappa shape index (κ2) is 6.89. The van der Waals surface area contributed by atoms with Crippen molar-refractivity contribution in [3.05, 3.63) is 51.2 Å². The average molecular weight is 345 g/mol. The predicted octanol–water partition coefficient (Wildman–Crippen LogP) is 3.16. The van der Waals surface area contributed by atoms with Crippen LogP contribution in [0, 0.1) is 0 Å². The van der Waals surface area contributed by atoms with Crippen molar-refractivity contribution in [3.63, 3.8) is 0 Å². The van der Waals surface area contributed by atoms with E-state index < -0.39 is 16.1 Å². The van der Waals surface area contributed by atoms with Gasteiger partial charge in [-0.1, -0.05) is 29.8 Å². The summed E-state index contributed by atoms with van der Waals surface area (Å²) in [5.74, 6) is 0. The summed E-state index contributed by atoms with van der Waals surface area (Å²) in [7, 11) is -1.72. The smallest absolute Gasteiger partial charge is 0.241 e. The van der Waals surface area contributed by atoms with Crippen molar-refractivity contribution in [1.82, 2.24) is 10.0 Å². The van der Waals surface area contributed by atoms with E-state index in [4.69, 9.17) is 11.6 Å². The van der Waals surface area contributed by atoms with Crippen molar-refractivity contribution < 1.29 is 8.42 Å². The first-order chi connectivity index (χ1) is 9.94. The first-order valence-corrected chi connectivity index (χ1v) is 9.17. The Hall–Kier alpha value is -0.920. The molecule has 114 valence electrons. The molecule has 7 heteroatoms. The number of sulfonamides is 1. The minimum atomic E-state index is -3.55. The number of hydrogen-bond donors (Lipinski definition) is 2. The first kappa shape index (κ1) is 16.5. The van der Waals surface area contributed by atoms with Crippen molar-refractivity contribution in [2.75, 3.05) is 7.05 Å². The van der Waals surface area contributed by atoms with E-state index in [1.165, 1.54) is 11.3 Å². The van der Waals surface area contributed by atoms with Gasteiger partial charge in [-0.25, -0.2) is 13.1 Å². The van der Waals surface area contributed by atoms with Gasteiger partial charge in [-0.15, -0.1) is 11.3 Å². The maximum atomic E-state index is 12.4. The molecule has 0 aliphatic heterocycles. The highest BCUT2D eigenvalue weighted by molar-refractivity contribution is 7.89. The molecule has 2 N–H and O–H groups in total. The molecule has 0 saturated heterocycles. The highest BCUT2D eigenvalue weighted by Crippen LogP contribution is 2.25. The van der Waals surface area contributed by atoms with Gasteiger partial charge < -0.3 is 5.32 Å². The van der Waals surface area contributed by atoms with Crippen LogP contribution in [0.4, 0.5) is 0 Å². The van der Waals surface area contributed by atoms with Gasteiger partial charge >= 0.3 is 0 Å². The van der Waals surface area contributed by atoms with Gasteiger partial charge in [0, 0.05) is 27.9 Å². The first-order valence-electron chi connectivity index (χ1n) is 6.43. The number of thiophene rings is 1. The molecule has 0 aliphatic carbocycles. The van der Waals surface area contributed by atoms with Crippen molar-refractivity contribution in [2.45, 2.75) is 24.4 Å². The number of rotatable bonds is 6. The number of halogens is 1. The topological polar surface area (TPSA) is 58.2 Å². The Morgan fingerprint density at radius 3 is 2.71 bits per heavy atom. The van der Waals surface area contributed by atoms with Gasteiger partial charge in [0.15, 0.2) is 0 Å². The molecule has 2 rings (SSSR count). The van der Waals surface area contributed by atoms with E-state index in [2.05, 4.69) is 10.0 Å². The molecule has 0 amide bonds. The minimum Gasteiger partial charge on any atom is -0.315 e. The highest BCUT2D eigenvalue weighted by Gasteiger charge is 2.20. The van der Waals surface area contributed by atoms with Crippen molar-refractivity contribution in [1.29, 1.82) is 0 Å². The van der Waals surface area contributed by atoms with Gasteiger partial charge in [0.05, 0.1) is 4.90 Å². The van der Waals surface area contributed by atoms with Gasteiger partial charge in [-0.3, -0.25) is 0 Å². The summed E-state index contributed by atoms with van der Waals surface area (Å²) in [4.78, 5) is 1.26. The summed E-state index contributed by atoms with van der Waals surface area (Å²) in [5, 5.41) is 5.20. The largest absolute Gasteiger partial charge is 0.315 e. The lowest BCUT2D eigenvalue weighted by molar-refractivity contribution is 0.567. The van der Waals surface area contributed by atoms with Crippen LogP contribution in [-0.2, 0) is 16.6 Å². The lowest BCUT2D eigenvalue weighted by Crippen LogP contribution is -2.26. The maximum absolute atomic E-state index is 12.4. The second-order valence-electron chi connectivity index (χ2n) is 4.64. The van der Waals surface area contributed by atoms with Crippen LogP contribution in [0.5, 0.6) is 0 Å². The Balaban J connectivity index is 2.18. The predicted molar refractivity (Wildman–Crippen MR) is 87.3 cm³/mol. The molecule has 1 aromatic heterocycles. The fraction of sp³-hybridized carbons (Fsp3) is 0.286. The van der Waals surface area contributed by atoms with Crippen molar-refractivity contribution >= 4 is 33.0 Å². The van der Waals surface area contributed by atoms with Gasteiger partial charge in [0.2, 0.25) is 10.0 Å². The molecule has 0 radical (unpaired) electrons. The van der Waals surface area contributed by atoms with Crippen LogP contribution in [0.15, 0.2) is 40.6 Å². The SMILES string of the molecule is CNCc1cc(S(=O)(=O)NC(C)c2ccccc2Cl)cs1. The fourth-order valence-electron chi connectivity index (χ4n) is 1.96. The zero-order valence-electron chi connectivity index (χ0n) is 11.8. The molecular weight excluding hydrogens is 328 g/mol. The maximum Gasteiger partial charge on any atom is 0.241 e. The minimum absolute atomic E-state index is 0.289. The molecular formula is C14H17ClN2O2S2. The molecule has 1 aromatic carbocycles. The lowest BCUT2D eigenvalue weighted by Gasteiger charge is -2.15. The van der Waals surface area contributed by atoms with E-state index in [1.807, 2.05) is 25.2 Å². The second-order valence-corrected chi connectivity index (χ2v) is 7.76. The monoisotopic (exact) mass is 344 g/mol. The van der Waals surface area contributed by atoms with Crippen LogP contribution in [0.3, 0.4) is 0 Å². The van der Waals surface area contributed by atoms with Crippen molar-refractivity contribution in [3.8, 4) is 0 Å². The van der Waals surface area contributed by atoms with E-state index in [9.17, 15) is 8.42 Å². The molecule has 0 aliphatic rings. The Labute approximate surface area is 134 Å². The van der Waals surface area contributed by atoms with Crippen molar-refractivity contribution in [2.24, 2.45) is 0 Å². The summed E-state index contributed by atoms with van der Waals surface area (Å²) in [5.41, 5.74) is 0.758. The molecule has 1 atom stereocenters. The Bertz CT molecular complexity index is 713. The Morgan fingerprint density at radius 1 is 1.33 bits per heavy atom. The third-order valence-corrected chi connectivity index (χ3v) is 5.94. The van der Waals surface area contributed by atoms with E-state index in [-0.39, 0.29) is 4.90 Å². The molecule has 1 unspecified atom stereocenters. The molecule has 0 fully saturated rings. The third-order valence-electron chi connectivity index (χ3n) is 2.99. The average Bonchev–Trinajstić information content (AvgIpc) is 2.88. The zero-order valence-corrected chi connectivity index (χ0v) is 14.1. The summed E-state index contributed by atoms with van der Waals surface area (Å²) in [6, 6.07) is 8.50. The summed E-state index contributed by atoms with van der Waals surface area (Å²) < 4.78 is 27.4. The quantitative estimate of drug-likeness (QED) is 0.846. The molecule has 0 bridgehead atoms. The number of benzene rings is 1.